The first kappa shape index (κ1) is 25.9. The van der Waals surface area contributed by atoms with Crippen LogP contribution in [0.3, 0.4) is 0 Å². The van der Waals surface area contributed by atoms with Gasteiger partial charge in [0.25, 0.3) is 5.91 Å². The lowest BCUT2D eigenvalue weighted by Gasteiger charge is -2.49. The molecule has 3 heterocycles. The molecule has 0 radical (unpaired) electrons. The lowest BCUT2D eigenvalue weighted by Crippen LogP contribution is -2.75. The summed E-state index contributed by atoms with van der Waals surface area (Å²) in [5, 5.41) is 20.4. The molecule has 2 saturated heterocycles. The van der Waals surface area contributed by atoms with Crippen LogP contribution in [0.15, 0.2) is 41.6 Å². The van der Waals surface area contributed by atoms with Crippen LogP contribution in [0.5, 0.6) is 0 Å². The monoisotopic (exact) mass is 520 g/mol. The molecule has 194 valence electrons. The minimum atomic E-state index is -1.70. The van der Waals surface area contributed by atoms with E-state index in [1.54, 1.807) is 24.3 Å². The quantitative estimate of drug-likeness (QED) is 0.280. The highest BCUT2D eigenvalue weighted by Crippen LogP contribution is 2.37. The summed E-state index contributed by atoms with van der Waals surface area (Å²) in [4.78, 5) is 54.1. The summed E-state index contributed by atoms with van der Waals surface area (Å²) < 4.78 is 18.2. The number of ether oxygens (including phenoxy) is 1. The average Bonchev–Trinajstić information content (AvgIpc) is 2.86. The predicted octanol–water partition coefficient (Wildman–Crippen LogP) is -1.27. The number of carbonyl (C=O) groups excluding carboxylic acids is 3. The topological polar surface area (TPSA) is 163 Å². The average molecular weight is 521 g/mol. The number of carbonyl (C=O) groups is 4. The fourth-order valence-corrected chi connectivity index (χ4v) is 6.17. The number of benzene rings is 1. The van der Waals surface area contributed by atoms with Gasteiger partial charge in [0.2, 0.25) is 11.3 Å². The van der Waals surface area contributed by atoms with Crippen molar-refractivity contribution in [3.63, 3.8) is 0 Å². The maximum atomic E-state index is 12.9. The molecule has 1 aromatic carbocycles. The van der Waals surface area contributed by atoms with E-state index in [2.05, 4.69) is 5.32 Å². The van der Waals surface area contributed by atoms with Crippen LogP contribution in [0.1, 0.15) is 5.56 Å². The third kappa shape index (κ3) is 5.48. The van der Waals surface area contributed by atoms with Gasteiger partial charge in [-0.2, -0.15) is 0 Å². The summed E-state index contributed by atoms with van der Waals surface area (Å²) in [6, 6.07) is 7.82. The maximum Gasteiger partial charge on any atom is 0.410 e. The van der Waals surface area contributed by atoms with Gasteiger partial charge in [-0.25, -0.2) is 9.59 Å². The van der Waals surface area contributed by atoms with Crippen molar-refractivity contribution in [2.24, 2.45) is 0 Å². The number of aliphatic hydroxyl groups excluding tert-OH is 1. The molecule has 3 aliphatic rings. The number of carboxylic acids is 1. The Morgan fingerprint density at radius 2 is 1.83 bits per heavy atom. The highest BCUT2D eigenvalue weighted by atomic mass is 32.2. The van der Waals surface area contributed by atoms with Crippen molar-refractivity contribution in [2.75, 3.05) is 51.7 Å². The van der Waals surface area contributed by atoms with E-state index in [0.717, 1.165) is 10.5 Å². The van der Waals surface area contributed by atoms with Gasteiger partial charge in [-0.05, 0) is 16.7 Å². The minimum Gasteiger partial charge on any atom is -0.614 e. The Morgan fingerprint density at radius 3 is 2.47 bits per heavy atom. The van der Waals surface area contributed by atoms with E-state index in [-0.39, 0.29) is 30.1 Å². The van der Waals surface area contributed by atoms with E-state index in [0.29, 0.717) is 32.7 Å². The third-order valence-corrected chi connectivity index (χ3v) is 8.00. The highest BCUT2D eigenvalue weighted by Gasteiger charge is 2.61. The van der Waals surface area contributed by atoms with Gasteiger partial charge >= 0.3 is 12.1 Å². The van der Waals surface area contributed by atoms with Crippen molar-refractivity contribution in [3.05, 3.63) is 47.2 Å². The predicted molar refractivity (Wildman–Crippen MR) is 127 cm³/mol. The Bertz CT molecular complexity index is 1040. The summed E-state index contributed by atoms with van der Waals surface area (Å²) >= 11 is -1.70. The van der Waals surface area contributed by atoms with Crippen LogP contribution in [0, 0.1) is 0 Å². The highest BCUT2D eigenvalue weighted by molar-refractivity contribution is 7.92. The molecule has 0 aromatic heterocycles. The van der Waals surface area contributed by atoms with E-state index in [9.17, 15) is 28.8 Å². The van der Waals surface area contributed by atoms with Gasteiger partial charge in [0.15, 0.2) is 6.04 Å². The van der Waals surface area contributed by atoms with Crippen molar-refractivity contribution in [3.8, 4) is 0 Å². The van der Waals surface area contributed by atoms with Gasteiger partial charge in [-0.3, -0.25) is 19.4 Å². The molecular formula is C23H28N4O8S. The molecule has 36 heavy (non-hydrogen) atoms. The van der Waals surface area contributed by atoms with Crippen LogP contribution in [-0.4, -0.2) is 116 Å². The fourth-order valence-electron chi connectivity index (χ4n) is 4.51. The van der Waals surface area contributed by atoms with Crippen LogP contribution in [0.25, 0.3) is 0 Å². The zero-order valence-corrected chi connectivity index (χ0v) is 20.3. The van der Waals surface area contributed by atoms with Gasteiger partial charge in [-0.1, -0.05) is 30.3 Å². The number of carboxylic acid groups (broad SMARTS) is 1. The van der Waals surface area contributed by atoms with Crippen molar-refractivity contribution in [1.29, 1.82) is 0 Å². The first-order chi connectivity index (χ1) is 17.3. The molecule has 2 fully saturated rings. The minimum absolute atomic E-state index is 0.0288. The molecule has 1 aromatic rings. The van der Waals surface area contributed by atoms with Crippen molar-refractivity contribution < 1.29 is 38.7 Å². The molecular weight excluding hydrogens is 492 g/mol. The van der Waals surface area contributed by atoms with Crippen molar-refractivity contribution in [1.82, 2.24) is 20.0 Å². The van der Waals surface area contributed by atoms with E-state index in [4.69, 9.17) is 9.84 Å². The molecule has 4 rings (SSSR count). The summed E-state index contributed by atoms with van der Waals surface area (Å²) in [5.74, 6) is -2.70. The van der Waals surface area contributed by atoms with Gasteiger partial charge in [-0.15, -0.1) is 0 Å². The lowest BCUT2D eigenvalue weighted by molar-refractivity contribution is -0.151. The number of rotatable bonds is 8. The molecule has 3 aliphatic heterocycles. The Morgan fingerprint density at radius 1 is 1.14 bits per heavy atom. The van der Waals surface area contributed by atoms with Gasteiger partial charge in [0, 0.05) is 38.3 Å². The smallest absolute Gasteiger partial charge is 0.410 e. The van der Waals surface area contributed by atoms with Crippen LogP contribution in [0.2, 0.25) is 0 Å². The molecule has 0 aliphatic carbocycles. The second kappa shape index (κ2) is 11.3. The SMILES string of the molecule is O=C(Cc1ccccc1)NC1C(=O)N2C(C(=O)O)=C(COC(=O)N3CCN(CCO)CC3)C[S+]([O-])[C@@H]12. The fraction of sp³-hybridized carbons (Fsp3) is 0.478. The Kier molecular flexibility index (Phi) is 8.14. The van der Waals surface area contributed by atoms with E-state index < -0.39 is 53.1 Å². The molecule has 13 heteroatoms. The van der Waals surface area contributed by atoms with E-state index in [1.807, 2.05) is 11.0 Å². The number of fused-ring (bicyclic) bond motifs is 1. The standard InChI is InChI=1S/C23H28N4O8S/c28-11-10-25-6-8-26(9-7-25)23(33)35-13-16-14-36(34)21-18(20(30)27(21)19(16)22(31)32)24-17(29)12-15-4-2-1-3-5-15/h1-5,18,21,28H,6-14H2,(H,24,29)(H,31,32)/t18?,21-,36?/m0/s1. The number of nitrogens with one attached hydrogen (secondary N) is 1. The summed E-state index contributed by atoms with van der Waals surface area (Å²) in [7, 11) is 0. The summed E-state index contributed by atoms with van der Waals surface area (Å²) in [6.45, 7) is 2.07. The van der Waals surface area contributed by atoms with Crippen molar-refractivity contribution in [2.45, 2.75) is 17.8 Å². The van der Waals surface area contributed by atoms with E-state index >= 15 is 0 Å². The maximum absolute atomic E-state index is 12.9. The molecule has 0 bridgehead atoms. The first-order valence-corrected chi connectivity index (χ1v) is 12.9. The number of β-amino-alcohol motifs (C(OH)–C–C–N with tert-alkyl or cyclic N) is 1. The molecule has 12 nitrogen and oxygen atoms in total. The Balaban J connectivity index is 1.38. The second-order valence-electron chi connectivity index (χ2n) is 8.70. The number of nitrogens with zero attached hydrogens (tertiary/aromatic N) is 3. The second-order valence-corrected chi connectivity index (χ2v) is 10.2. The Hall–Kier alpha value is -3.13. The first-order valence-electron chi connectivity index (χ1n) is 11.5. The number of aliphatic hydroxyl groups is 1. The van der Waals surface area contributed by atoms with E-state index in [1.165, 1.54) is 4.90 Å². The van der Waals surface area contributed by atoms with Crippen LogP contribution < -0.4 is 5.32 Å². The Labute approximate surface area is 210 Å². The van der Waals surface area contributed by atoms with Gasteiger partial charge in [0.1, 0.15) is 18.1 Å². The zero-order chi connectivity index (χ0) is 25.8. The number of amides is 3. The van der Waals surface area contributed by atoms with Crippen LogP contribution in [0.4, 0.5) is 4.79 Å². The number of aliphatic carboxylic acids is 1. The molecule has 3 amide bonds. The summed E-state index contributed by atoms with van der Waals surface area (Å²) in [6.07, 6.45) is -0.606. The summed E-state index contributed by atoms with van der Waals surface area (Å²) in [5.41, 5.74) is 0.457. The van der Waals surface area contributed by atoms with Crippen molar-refractivity contribution >= 4 is 35.1 Å². The molecule has 3 atom stereocenters. The number of hydrogen-bond acceptors (Lipinski definition) is 8. The molecule has 0 saturated carbocycles. The molecule has 3 N–H and O–H groups in total. The van der Waals surface area contributed by atoms with Crippen LogP contribution in [-0.2, 0) is 36.7 Å². The number of β-lactam (4-membered cyclic amide) rings is 1. The zero-order valence-electron chi connectivity index (χ0n) is 19.5. The van der Waals surface area contributed by atoms with Crippen LogP contribution >= 0.6 is 0 Å². The molecule has 2 unspecified atom stereocenters. The lowest BCUT2D eigenvalue weighted by atomic mass is 10.0. The largest absolute Gasteiger partial charge is 0.614 e. The normalized spacial score (nSPS) is 24.2. The number of piperazine rings is 1. The van der Waals surface area contributed by atoms with Gasteiger partial charge < -0.3 is 29.7 Å². The third-order valence-electron chi connectivity index (χ3n) is 6.35. The molecule has 0 spiro atoms. The van der Waals surface area contributed by atoms with Gasteiger partial charge in [0.05, 0.1) is 13.0 Å². The number of hydrogen-bond donors (Lipinski definition) is 3.